The Morgan fingerprint density at radius 3 is 2.76 bits per heavy atom. The number of hydrogen-bond donors (Lipinski definition) is 3. The van der Waals surface area contributed by atoms with Gasteiger partial charge in [0.05, 0.1) is 0 Å². The third-order valence-electron chi connectivity index (χ3n) is 3.74. The summed E-state index contributed by atoms with van der Waals surface area (Å²) >= 11 is 0. The molecule has 1 aromatic rings. The van der Waals surface area contributed by atoms with Crippen LogP contribution in [0.3, 0.4) is 0 Å². The molecule has 1 saturated heterocycles. The van der Waals surface area contributed by atoms with E-state index in [-0.39, 0.29) is 11.0 Å². The molecule has 2 rings (SSSR count). The van der Waals surface area contributed by atoms with E-state index in [0.29, 0.717) is 6.04 Å². The van der Waals surface area contributed by atoms with Crippen molar-refractivity contribution in [3.63, 3.8) is 0 Å². The topological polar surface area (TPSA) is 39.9 Å². The lowest BCUT2D eigenvalue weighted by Gasteiger charge is -2.26. The lowest BCUT2D eigenvalue weighted by Crippen LogP contribution is -2.40. The average Bonchev–Trinajstić information content (AvgIpc) is 2.84. The molecule has 17 heavy (non-hydrogen) atoms. The van der Waals surface area contributed by atoms with E-state index in [9.17, 15) is 0 Å². The highest BCUT2D eigenvalue weighted by Gasteiger charge is 2.31. The van der Waals surface area contributed by atoms with Crippen molar-refractivity contribution < 1.29 is 0 Å². The van der Waals surface area contributed by atoms with Crippen LogP contribution in [0.5, 0.6) is 0 Å². The van der Waals surface area contributed by atoms with E-state index < -0.39 is 0 Å². The number of aromatic nitrogens is 1. The van der Waals surface area contributed by atoms with Crippen molar-refractivity contribution in [2.24, 2.45) is 0 Å². The van der Waals surface area contributed by atoms with Crippen molar-refractivity contribution in [2.45, 2.75) is 51.1 Å². The molecule has 2 heterocycles. The first-order valence-corrected chi connectivity index (χ1v) is 6.51. The summed E-state index contributed by atoms with van der Waals surface area (Å²) in [5, 5.41) is 7.23. The Morgan fingerprint density at radius 1 is 1.47 bits per heavy atom. The minimum absolute atomic E-state index is 0.163. The molecule has 1 aromatic heterocycles. The molecule has 0 spiro atoms. The summed E-state index contributed by atoms with van der Waals surface area (Å²) < 4.78 is 0. The van der Waals surface area contributed by atoms with Crippen LogP contribution in [-0.2, 0) is 5.41 Å². The van der Waals surface area contributed by atoms with Gasteiger partial charge in [0.15, 0.2) is 0 Å². The largest absolute Gasteiger partial charge is 0.365 e. The molecule has 3 heteroatoms. The molecule has 1 fully saturated rings. The number of aromatic amines is 1. The Kier molecular flexibility index (Phi) is 3.32. The Balaban J connectivity index is 1.86. The molecule has 3 nitrogen and oxygen atoms in total. The minimum atomic E-state index is 0.163. The van der Waals surface area contributed by atoms with E-state index in [1.165, 1.54) is 12.1 Å². The van der Waals surface area contributed by atoms with Gasteiger partial charge in [0, 0.05) is 42.0 Å². The van der Waals surface area contributed by atoms with Gasteiger partial charge in [-0.2, -0.15) is 0 Å². The fourth-order valence-corrected chi connectivity index (χ4v) is 2.55. The highest BCUT2D eigenvalue weighted by molar-refractivity contribution is 5.15. The van der Waals surface area contributed by atoms with E-state index in [4.69, 9.17) is 0 Å². The first kappa shape index (κ1) is 12.7. The summed E-state index contributed by atoms with van der Waals surface area (Å²) in [4.78, 5) is 3.31. The first-order chi connectivity index (χ1) is 7.89. The molecule has 0 radical (unpaired) electrons. The van der Waals surface area contributed by atoms with Gasteiger partial charge in [-0.25, -0.2) is 0 Å². The van der Waals surface area contributed by atoms with E-state index in [1.807, 2.05) is 6.20 Å². The third-order valence-corrected chi connectivity index (χ3v) is 3.74. The third kappa shape index (κ3) is 3.11. The highest BCUT2D eigenvalue weighted by Crippen LogP contribution is 2.22. The van der Waals surface area contributed by atoms with E-state index in [1.54, 1.807) is 0 Å². The Hall–Kier alpha value is -0.800. The van der Waals surface area contributed by atoms with Gasteiger partial charge in [0.2, 0.25) is 0 Å². The van der Waals surface area contributed by atoms with E-state index in [0.717, 1.165) is 13.1 Å². The Morgan fingerprint density at radius 2 is 2.24 bits per heavy atom. The van der Waals surface area contributed by atoms with E-state index in [2.05, 4.69) is 55.4 Å². The molecule has 96 valence electrons. The fourth-order valence-electron chi connectivity index (χ4n) is 2.55. The smallest absolute Gasteiger partial charge is 0.0217 e. The van der Waals surface area contributed by atoms with Crippen LogP contribution in [0.2, 0.25) is 0 Å². The Bertz CT molecular complexity index is 352. The normalized spacial score (nSPS) is 24.1. The average molecular weight is 235 g/mol. The van der Waals surface area contributed by atoms with Crippen LogP contribution in [0, 0.1) is 0 Å². The maximum absolute atomic E-state index is 3.68. The molecule has 3 N–H and O–H groups in total. The second kappa shape index (κ2) is 4.46. The monoisotopic (exact) mass is 235 g/mol. The summed E-state index contributed by atoms with van der Waals surface area (Å²) in [6, 6.07) is 4.83. The van der Waals surface area contributed by atoms with Crippen molar-refractivity contribution >= 4 is 0 Å². The standard InChI is InChI=1S/C14H25N3/c1-13(2,12-6-5-7-15-12)10-16-11-8-14(3,4)17-9-11/h5-7,11,15-17H,8-10H2,1-4H3. The minimum Gasteiger partial charge on any atom is -0.365 e. The molecular weight excluding hydrogens is 210 g/mol. The summed E-state index contributed by atoms with van der Waals surface area (Å²) in [7, 11) is 0. The number of hydrogen-bond acceptors (Lipinski definition) is 2. The maximum atomic E-state index is 3.68. The molecule has 0 saturated carbocycles. The SMILES string of the molecule is CC1(C)CC(NCC(C)(C)c2ccc[nH]2)CN1. The Labute approximate surface area is 104 Å². The van der Waals surface area contributed by atoms with Crippen molar-refractivity contribution in [1.29, 1.82) is 0 Å². The number of nitrogens with one attached hydrogen (secondary N) is 3. The zero-order valence-electron chi connectivity index (χ0n) is 11.4. The van der Waals surface area contributed by atoms with Gasteiger partial charge in [-0.15, -0.1) is 0 Å². The molecular formula is C14H25N3. The van der Waals surface area contributed by atoms with Gasteiger partial charge in [-0.3, -0.25) is 0 Å². The number of rotatable bonds is 4. The van der Waals surface area contributed by atoms with Crippen molar-refractivity contribution in [3.05, 3.63) is 24.0 Å². The molecule has 0 aromatic carbocycles. The van der Waals surface area contributed by atoms with Crippen LogP contribution < -0.4 is 10.6 Å². The van der Waals surface area contributed by atoms with Crippen molar-refractivity contribution in [1.82, 2.24) is 15.6 Å². The molecule has 1 atom stereocenters. The maximum Gasteiger partial charge on any atom is 0.0217 e. The van der Waals surface area contributed by atoms with Crippen molar-refractivity contribution in [3.8, 4) is 0 Å². The van der Waals surface area contributed by atoms with Crippen LogP contribution in [0.1, 0.15) is 39.8 Å². The number of H-pyrrole nitrogens is 1. The summed E-state index contributed by atoms with van der Waals surface area (Å²) in [6.45, 7) is 11.2. The van der Waals surface area contributed by atoms with Gasteiger partial charge in [0.25, 0.3) is 0 Å². The molecule has 0 bridgehead atoms. The van der Waals surface area contributed by atoms with Gasteiger partial charge in [-0.05, 0) is 32.4 Å². The second-order valence-electron chi connectivity index (χ2n) is 6.51. The first-order valence-electron chi connectivity index (χ1n) is 6.51. The summed E-state index contributed by atoms with van der Waals surface area (Å²) in [5.74, 6) is 0. The summed E-state index contributed by atoms with van der Waals surface area (Å²) in [5.41, 5.74) is 1.75. The van der Waals surface area contributed by atoms with Crippen LogP contribution >= 0.6 is 0 Å². The zero-order chi connectivity index (χ0) is 12.5. The molecule has 0 amide bonds. The van der Waals surface area contributed by atoms with Crippen LogP contribution in [0.25, 0.3) is 0 Å². The van der Waals surface area contributed by atoms with Crippen LogP contribution in [-0.4, -0.2) is 29.7 Å². The summed E-state index contributed by atoms with van der Waals surface area (Å²) in [6.07, 6.45) is 3.20. The van der Waals surface area contributed by atoms with Gasteiger partial charge in [-0.1, -0.05) is 13.8 Å². The van der Waals surface area contributed by atoms with Crippen LogP contribution in [0.15, 0.2) is 18.3 Å². The lowest BCUT2D eigenvalue weighted by molar-refractivity contribution is 0.403. The quantitative estimate of drug-likeness (QED) is 0.747. The lowest BCUT2D eigenvalue weighted by atomic mass is 9.89. The van der Waals surface area contributed by atoms with Gasteiger partial charge in [0.1, 0.15) is 0 Å². The molecule has 1 aliphatic heterocycles. The second-order valence-corrected chi connectivity index (χ2v) is 6.51. The molecule has 0 aliphatic carbocycles. The zero-order valence-corrected chi connectivity index (χ0v) is 11.4. The van der Waals surface area contributed by atoms with Gasteiger partial charge >= 0.3 is 0 Å². The fraction of sp³-hybridized carbons (Fsp3) is 0.714. The van der Waals surface area contributed by atoms with E-state index >= 15 is 0 Å². The van der Waals surface area contributed by atoms with Crippen molar-refractivity contribution in [2.75, 3.05) is 13.1 Å². The van der Waals surface area contributed by atoms with Crippen LogP contribution in [0.4, 0.5) is 0 Å². The highest BCUT2D eigenvalue weighted by atomic mass is 15.1. The molecule has 1 unspecified atom stereocenters. The molecule has 1 aliphatic rings. The predicted octanol–water partition coefficient (Wildman–Crippen LogP) is 2.02. The predicted molar refractivity (Wildman–Crippen MR) is 72.3 cm³/mol. The van der Waals surface area contributed by atoms with Gasteiger partial charge < -0.3 is 15.6 Å².